The molecule has 0 saturated carbocycles. The number of pyridine rings is 2. The Labute approximate surface area is 315 Å². The highest BCUT2D eigenvalue weighted by atomic mass is 28.3. The van der Waals surface area contributed by atoms with Gasteiger partial charge in [-0.15, -0.1) is 5.54 Å². The average molecular weight is 685 g/mol. The smallest absolute Gasteiger partial charge is 0.129 e. The molecule has 0 aliphatic carbocycles. The molecule has 2 heterocycles. The topological polar surface area (TPSA) is 25.8 Å². The van der Waals surface area contributed by atoms with Gasteiger partial charge in [0.05, 0.1) is 11.4 Å². The van der Waals surface area contributed by atoms with Gasteiger partial charge in [-0.25, -0.2) is 0 Å². The summed E-state index contributed by atoms with van der Waals surface area (Å²) >= 11 is 0. The van der Waals surface area contributed by atoms with Gasteiger partial charge in [-0.05, 0) is 107 Å². The summed E-state index contributed by atoms with van der Waals surface area (Å²) in [5.41, 5.74) is 7.21. The summed E-state index contributed by atoms with van der Waals surface area (Å²) in [6.45, 7) is 18.5. The molecule has 0 fully saturated rings. The first kappa shape index (κ1) is 27.5. The van der Waals surface area contributed by atoms with Crippen molar-refractivity contribution >= 4 is 8.07 Å². The van der Waals surface area contributed by atoms with Crippen LogP contribution in [0, 0.1) is 22.3 Å². The lowest BCUT2D eigenvalue weighted by atomic mass is 9.85. The fourth-order valence-electron chi connectivity index (χ4n) is 5.57. The van der Waals surface area contributed by atoms with E-state index in [9.17, 15) is 11.0 Å². The van der Waals surface area contributed by atoms with Crippen LogP contribution in [0.2, 0.25) is 19.6 Å². The van der Waals surface area contributed by atoms with Crippen LogP contribution in [-0.2, 0) is 38.3 Å². The highest BCUT2D eigenvalue weighted by Crippen LogP contribution is 2.29. The molecule has 0 atom stereocenters. The third kappa shape index (κ3) is 11.4. The van der Waals surface area contributed by atoms with Crippen LogP contribution in [0.3, 0.4) is 0 Å². The number of aromatic nitrogens is 2. The Morgan fingerprint density at radius 3 is 1.36 bits per heavy atom. The normalized spacial score (nSPS) is 15.5. The van der Waals surface area contributed by atoms with Crippen LogP contribution < -0.4 is 0 Å². The van der Waals surface area contributed by atoms with Gasteiger partial charge in [0.25, 0.3) is 0 Å². The van der Waals surface area contributed by atoms with Gasteiger partial charge < -0.3 is 0 Å². The van der Waals surface area contributed by atoms with Gasteiger partial charge in [-0.3, -0.25) is 9.97 Å². The second-order valence-corrected chi connectivity index (χ2v) is 21.2. The van der Waals surface area contributed by atoms with Crippen molar-refractivity contribution in [2.75, 3.05) is 0 Å². The maximum absolute atomic E-state index is 9.56. The molecule has 0 aliphatic rings. The Hall–Kier alpha value is -4.26. The first-order valence-corrected chi connectivity index (χ1v) is 20.9. The van der Waals surface area contributed by atoms with Crippen LogP contribution >= 0.6 is 0 Å². The maximum Gasteiger partial charge on any atom is 0.129 e. The van der Waals surface area contributed by atoms with Gasteiger partial charge in [0.2, 0.25) is 0 Å². The molecule has 3 aromatic carbocycles. The van der Waals surface area contributed by atoms with Crippen molar-refractivity contribution in [3.63, 3.8) is 0 Å². The van der Waals surface area contributed by atoms with Crippen molar-refractivity contribution in [2.45, 2.75) is 99.5 Å². The predicted octanol–water partition coefficient (Wildman–Crippen LogP) is 11.8. The van der Waals surface area contributed by atoms with E-state index in [-0.39, 0.29) is 38.6 Å². The van der Waals surface area contributed by atoms with Gasteiger partial charge in [0, 0.05) is 40.1 Å². The van der Waals surface area contributed by atoms with E-state index in [1.54, 1.807) is 0 Å². The summed E-state index contributed by atoms with van der Waals surface area (Å²) in [4.78, 5) is 9.26. The standard InChI is InChI=1S/C47H56N2Si/c1-46(2,3)31-42-29-44(38-16-12-10-13-17-38)48-33-40(42)22-20-35-26-36(28-37(27-35)24-25-50(7,8)9)21-23-41-34-49-45(39-18-14-11-15-19-39)30-43(41)32-47(4,5)6/h10-19,26-30,33-34H,20-23,31-32H2,1-9H3/i20D2,21D2,22D2,23D2. The van der Waals surface area contributed by atoms with Crippen LogP contribution in [0.4, 0.5) is 0 Å². The fourth-order valence-corrected chi connectivity index (χ4v) is 6.09. The Kier molecular flexibility index (Phi) is 8.64. The van der Waals surface area contributed by atoms with Crippen molar-refractivity contribution in [1.29, 1.82) is 0 Å². The molecule has 0 bridgehead atoms. The quantitative estimate of drug-likeness (QED) is 0.108. The molecule has 258 valence electrons. The zero-order valence-corrected chi connectivity index (χ0v) is 32.1. The molecule has 0 aliphatic heterocycles. The highest BCUT2D eigenvalue weighted by molar-refractivity contribution is 6.83. The van der Waals surface area contributed by atoms with Crippen LogP contribution in [0.25, 0.3) is 22.5 Å². The van der Waals surface area contributed by atoms with Gasteiger partial charge in [-0.1, -0.05) is 134 Å². The summed E-state index contributed by atoms with van der Waals surface area (Å²) in [6, 6.07) is 27.1. The number of aryl methyl sites for hydroxylation is 4. The lowest BCUT2D eigenvalue weighted by Gasteiger charge is -2.21. The van der Waals surface area contributed by atoms with E-state index >= 15 is 0 Å². The second-order valence-electron chi connectivity index (χ2n) is 16.5. The monoisotopic (exact) mass is 684 g/mol. The van der Waals surface area contributed by atoms with E-state index in [0.29, 0.717) is 35.4 Å². The first-order chi connectivity index (χ1) is 26.6. The minimum absolute atomic E-state index is 0.0991. The third-order valence-corrected chi connectivity index (χ3v) is 8.63. The Morgan fingerprint density at radius 1 is 0.560 bits per heavy atom. The van der Waals surface area contributed by atoms with Crippen LogP contribution in [0.15, 0.2) is 103 Å². The summed E-state index contributed by atoms with van der Waals surface area (Å²) in [5, 5.41) is 0. The number of benzene rings is 3. The largest absolute Gasteiger partial charge is 0.256 e. The predicted molar refractivity (Wildman–Crippen MR) is 217 cm³/mol. The minimum Gasteiger partial charge on any atom is -0.256 e. The number of hydrogen-bond donors (Lipinski definition) is 0. The molecule has 3 heteroatoms. The van der Waals surface area contributed by atoms with E-state index in [2.05, 4.69) is 41.1 Å². The molecule has 0 spiro atoms. The molecule has 2 nitrogen and oxygen atoms in total. The van der Waals surface area contributed by atoms with E-state index in [1.807, 2.05) is 114 Å². The molecule has 0 radical (unpaired) electrons. The molecule has 0 saturated heterocycles. The van der Waals surface area contributed by atoms with E-state index in [1.165, 1.54) is 30.6 Å². The molecule has 5 aromatic rings. The summed E-state index contributed by atoms with van der Waals surface area (Å²) in [6.07, 6.45) is -7.02. The molecular weight excluding hydrogens is 621 g/mol. The Bertz CT molecular complexity index is 2160. The zero-order chi connectivity index (χ0) is 43.1. The van der Waals surface area contributed by atoms with Crippen molar-refractivity contribution in [1.82, 2.24) is 9.97 Å². The Morgan fingerprint density at radius 2 is 0.980 bits per heavy atom. The maximum atomic E-state index is 9.56. The third-order valence-electron chi connectivity index (χ3n) is 7.76. The van der Waals surface area contributed by atoms with Crippen molar-refractivity contribution in [3.05, 3.63) is 142 Å². The lowest BCUT2D eigenvalue weighted by Crippen LogP contribution is -2.16. The highest BCUT2D eigenvalue weighted by Gasteiger charge is 2.18. The van der Waals surface area contributed by atoms with Gasteiger partial charge in [0.1, 0.15) is 8.07 Å². The molecule has 0 N–H and O–H groups in total. The first-order valence-electron chi connectivity index (χ1n) is 21.4. The summed E-state index contributed by atoms with van der Waals surface area (Å²) < 4.78 is 76.4. The van der Waals surface area contributed by atoms with Crippen LogP contribution in [-0.4, -0.2) is 18.0 Å². The van der Waals surface area contributed by atoms with Crippen LogP contribution in [0.1, 0.15) is 91.5 Å². The minimum atomic E-state index is -2.74. The van der Waals surface area contributed by atoms with E-state index < -0.39 is 33.6 Å². The van der Waals surface area contributed by atoms with Crippen molar-refractivity contribution in [2.24, 2.45) is 10.8 Å². The Balaban J connectivity index is 1.70. The van der Waals surface area contributed by atoms with Gasteiger partial charge in [-0.2, -0.15) is 0 Å². The summed E-state index contributed by atoms with van der Waals surface area (Å²) in [5.74, 6) is 3.14. The van der Waals surface area contributed by atoms with Gasteiger partial charge >= 0.3 is 0 Å². The van der Waals surface area contributed by atoms with Crippen molar-refractivity contribution in [3.8, 4) is 34.0 Å². The van der Waals surface area contributed by atoms with Gasteiger partial charge in [0.15, 0.2) is 0 Å². The molecule has 50 heavy (non-hydrogen) atoms. The SMILES string of the molecule is [2H]C([2H])(c1cc(C#C[Si](C)(C)C)cc(C([2H])([2H])C([2H])([2H])c2cnc(-c3ccccc3)cc2CC(C)(C)C)c1)C([2H])([2H])c1cnc(-c2ccccc2)cc1CC(C)(C)C. The number of rotatable bonds is 10. The van der Waals surface area contributed by atoms with E-state index in [0.717, 1.165) is 11.1 Å². The second kappa shape index (κ2) is 15.7. The van der Waals surface area contributed by atoms with Crippen molar-refractivity contribution < 1.29 is 11.0 Å². The molecular formula is C47H56N2Si. The lowest BCUT2D eigenvalue weighted by molar-refractivity contribution is 0.409. The molecule has 5 rings (SSSR count). The van der Waals surface area contributed by atoms with E-state index in [4.69, 9.17) is 0 Å². The molecule has 0 unspecified atom stereocenters. The number of nitrogens with zero attached hydrogens (tertiary/aromatic N) is 2. The summed E-state index contributed by atoms with van der Waals surface area (Å²) in [7, 11) is -1.99. The average Bonchev–Trinajstić information content (AvgIpc) is 3.12. The fraction of sp³-hybridized carbons (Fsp3) is 0.362. The number of hydrogen-bond acceptors (Lipinski definition) is 2. The zero-order valence-electron chi connectivity index (χ0n) is 39.1. The van der Waals surface area contributed by atoms with Crippen LogP contribution in [0.5, 0.6) is 0 Å². The molecule has 0 amide bonds. The molecule has 2 aromatic heterocycles.